The SMILES string of the molecule is CC(NC(=O)C1(C(N)=S)CCCC1)c1ccc(Cl)cc1. The summed E-state index contributed by atoms with van der Waals surface area (Å²) >= 11 is 11.0. The third kappa shape index (κ3) is 2.96. The molecule has 1 aliphatic rings. The Morgan fingerprint density at radius 3 is 2.40 bits per heavy atom. The summed E-state index contributed by atoms with van der Waals surface area (Å²) in [6, 6.07) is 7.37. The summed E-state index contributed by atoms with van der Waals surface area (Å²) < 4.78 is 0. The van der Waals surface area contributed by atoms with Crippen molar-refractivity contribution in [3.05, 3.63) is 34.9 Å². The summed E-state index contributed by atoms with van der Waals surface area (Å²) in [7, 11) is 0. The third-order valence-corrected chi connectivity index (χ3v) is 4.72. The lowest BCUT2D eigenvalue weighted by Crippen LogP contribution is -2.47. The van der Waals surface area contributed by atoms with E-state index in [0.29, 0.717) is 10.0 Å². The van der Waals surface area contributed by atoms with E-state index in [4.69, 9.17) is 29.6 Å². The Bertz CT molecular complexity index is 509. The Hall–Kier alpha value is -1.13. The van der Waals surface area contributed by atoms with Crippen LogP contribution in [-0.4, -0.2) is 10.9 Å². The van der Waals surface area contributed by atoms with Gasteiger partial charge in [-0.1, -0.05) is 48.8 Å². The van der Waals surface area contributed by atoms with E-state index in [0.717, 1.165) is 31.2 Å². The fourth-order valence-electron chi connectivity index (χ4n) is 2.73. The molecule has 0 radical (unpaired) electrons. The molecule has 108 valence electrons. The summed E-state index contributed by atoms with van der Waals surface area (Å²) in [6.07, 6.45) is 3.50. The zero-order chi connectivity index (χ0) is 14.8. The fourth-order valence-corrected chi connectivity index (χ4v) is 3.16. The van der Waals surface area contributed by atoms with Crippen LogP contribution in [0.25, 0.3) is 0 Å². The average molecular weight is 311 g/mol. The van der Waals surface area contributed by atoms with E-state index in [9.17, 15) is 4.79 Å². The van der Waals surface area contributed by atoms with Gasteiger partial charge in [0, 0.05) is 5.02 Å². The summed E-state index contributed by atoms with van der Waals surface area (Å²) in [5.41, 5.74) is 6.18. The van der Waals surface area contributed by atoms with Crippen LogP contribution < -0.4 is 11.1 Å². The number of hydrogen-bond donors (Lipinski definition) is 2. The highest BCUT2D eigenvalue weighted by Gasteiger charge is 2.44. The number of carbonyl (C=O) groups excluding carboxylic acids is 1. The van der Waals surface area contributed by atoms with E-state index >= 15 is 0 Å². The maximum absolute atomic E-state index is 12.6. The van der Waals surface area contributed by atoms with E-state index in [1.54, 1.807) is 0 Å². The van der Waals surface area contributed by atoms with E-state index in [-0.39, 0.29) is 11.9 Å². The smallest absolute Gasteiger partial charge is 0.233 e. The first-order chi connectivity index (χ1) is 9.45. The number of amides is 1. The van der Waals surface area contributed by atoms with Crippen molar-refractivity contribution in [2.45, 2.75) is 38.6 Å². The number of nitrogens with one attached hydrogen (secondary N) is 1. The highest BCUT2D eigenvalue weighted by molar-refractivity contribution is 7.80. The normalized spacial score (nSPS) is 18.5. The van der Waals surface area contributed by atoms with Crippen LogP contribution in [0.2, 0.25) is 5.02 Å². The quantitative estimate of drug-likeness (QED) is 0.838. The molecule has 1 aromatic carbocycles. The predicted octanol–water partition coefficient (Wildman–Crippen LogP) is 3.36. The minimum absolute atomic E-state index is 0.0510. The van der Waals surface area contributed by atoms with E-state index in [1.807, 2.05) is 31.2 Å². The summed E-state index contributed by atoms with van der Waals surface area (Å²) in [4.78, 5) is 12.9. The summed E-state index contributed by atoms with van der Waals surface area (Å²) in [6.45, 7) is 1.95. The number of nitrogens with two attached hydrogens (primary N) is 1. The van der Waals surface area contributed by atoms with Gasteiger partial charge in [-0.2, -0.15) is 0 Å². The second-order valence-electron chi connectivity index (χ2n) is 5.40. The van der Waals surface area contributed by atoms with Crippen molar-refractivity contribution in [1.82, 2.24) is 5.32 Å². The van der Waals surface area contributed by atoms with Gasteiger partial charge in [-0.25, -0.2) is 0 Å². The molecule has 1 amide bonds. The molecule has 0 saturated heterocycles. The first-order valence-corrected chi connectivity index (χ1v) is 7.61. The van der Waals surface area contributed by atoms with Crippen LogP contribution in [0.4, 0.5) is 0 Å². The Morgan fingerprint density at radius 1 is 1.35 bits per heavy atom. The second-order valence-corrected chi connectivity index (χ2v) is 6.28. The average Bonchev–Trinajstić information content (AvgIpc) is 2.90. The van der Waals surface area contributed by atoms with Crippen LogP contribution in [0.3, 0.4) is 0 Å². The largest absolute Gasteiger partial charge is 0.392 e. The topological polar surface area (TPSA) is 55.1 Å². The van der Waals surface area contributed by atoms with Gasteiger partial charge in [0.2, 0.25) is 5.91 Å². The Kier molecular flexibility index (Phi) is 4.66. The molecule has 5 heteroatoms. The molecule has 3 nitrogen and oxygen atoms in total. The Morgan fingerprint density at radius 2 is 1.90 bits per heavy atom. The van der Waals surface area contributed by atoms with Crippen molar-refractivity contribution in [2.75, 3.05) is 0 Å². The van der Waals surface area contributed by atoms with Crippen LogP contribution in [0, 0.1) is 5.41 Å². The van der Waals surface area contributed by atoms with Crippen LogP contribution >= 0.6 is 23.8 Å². The van der Waals surface area contributed by atoms with Gasteiger partial charge in [0.25, 0.3) is 0 Å². The second kappa shape index (κ2) is 6.10. The molecule has 0 heterocycles. The van der Waals surface area contributed by atoms with Crippen LogP contribution in [0.1, 0.15) is 44.2 Å². The first kappa shape index (κ1) is 15.3. The van der Waals surface area contributed by atoms with Crippen LogP contribution in [0.15, 0.2) is 24.3 Å². The molecule has 0 aromatic heterocycles. The minimum Gasteiger partial charge on any atom is -0.392 e. The summed E-state index contributed by atoms with van der Waals surface area (Å²) in [5, 5.41) is 3.71. The van der Waals surface area contributed by atoms with E-state index in [2.05, 4.69) is 5.32 Å². The van der Waals surface area contributed by atoms with E-state index in [1.165, 1.54) is 0 Å². The molecule has 1 aromatic rings. The highest BCUT2D eigenvalue weighted by Crippen LogP contribution is 2.39. The molecule has 0 spiro atoms. The highest BCUT2D eigenvalue weighted by atomic mass is 35.5. The number of halogens is 1. The van der Waals surface area contributed by atoms with Gasteiger partial charge in [-0.3, -0.25) is 4.79 Å². The van der Waals surface area contributed by atoms with Gasteiger partial charge in [0.1, 0.15) is 0 Å². The van der Waals surface area contributed by atoms with Gasteiger partial charge >= 0.3 is 0 Å². The molecule has 1 fully saturated rings. The molecule has 0 bridgehead atoms. The van der Waals surface area contributed by atoms with Gasteiger partial charge in [0.05, 0.1) is 16.4 Å². The number of hydrogen-bond acceptors (Lipinski definition) is 2. The summed E-state index contributed by atoms with van der Waals surface area (Å²) in [5.74, 6) is -0.0510. The zero-order valence-electron chi connectivity index (χ0n) is 11.5. The molecule has 3 N–H and O–H groups in total. The van der Waals surface area contributed by atoms with Crippen molar-refractivity contribution in [3.8, 4) is 0 Å². The maximum Gasteiger partial charge on any atom is 0.233 e. The molecule has 2 rings (SSSR count). The lowest BCUT2D eigenvalue weighted by Gasteiger charge is -2.28. The first-order valence-electron chi connectivity index (χ1n) is 6.82. The third-order valence-electron chi connectivity index (χ3n) is 4.08. The molecule has 1 unspecified atom stereocenters. The molecule has 0 aliphatic heterocycles. The van der Waals surface area contributed by atoms with E-state index < -0.39 is 5.41 Å². The molecule has 1 atom stereocenters. The van der Waals surface area contributed by atoms with Gasteiger partial charge in [0.15, 0.2) is 0 Å². The van der Waals surface area contributed by atoms with Crippen molar-refractivity contribution >= 4 is 34.7 Å². The molecule has 20 heavy (non-hydrogen) atoms. The number of benzene rings is 1. The fraction of sp³-hybridized carbons (Fsp3) is 0.467. The van der Waals surface area contributed by atoms with Gasteiger partial charge in [-0.15, -0.1) is 0 Å². The Balaban J connectivity index is 2.10. The number of thiocarbonyl (C=S) groups is 1. The monoisotopic (exact) mass is 310 g/mol. The Labute approximate surface area is 129 Å². The van der Waals surface area contributed by atoms with Crippen molar-refractivity contribution in [2.24, 2.45) is 11.1 Å². The number of carbonyl (C=O) groups is 1. The van der Waals surface area contributed by atoms with Gasteiger partial charge in [-0.05, 0) is 37.5 Å². The predicted molar refractivity (Wildman–Crippen MR) is 85.7 cm³/mol. The van der Waals surface area contributed by atoms with Crippen molar-refractivity contribution in [1.29, 1.82) is 0 Å². The number of rotatable bonds is 4. The maximum atomic E-state index is 12.6. The van der Waals surface area contributed by atoms with Crippen LogP contribution in [-0.2, 0) is 4.79 Å². The molecular weight excluding hydrogens is 292 g/mol. The molecule has 1 aliphatic carbocycles. The standard InChI is InChI=1S/C15H19ClN2OS/c1-10(11-4-6-12(16)7-5-11)18-14(19)15(13(17)20)8-2-3-9-15/h4-7,10H,2-3,8-9H2,1H3,(H2,17,20)(H,18,19). The van der Waals surface area contributed by atoms with Gasteiger partial charge < -0.3 is 11.1 Å². The lowest BCUT2D eigenvalue weighted by atomic mass is 9.84. The van der Waals surface area contributed by atoms with Crippen molar-refractivity contribution in [3.63, 3.8) is 0 Å². The minimum atomic E-state index is -0.657. The molecular formula is C15H19ClN2OS. The van der Waals surface area contributed by atoms with Crippen molar-refractivity contribution < 1.29 is 4.79 Å². The molecule has 1 saturated carbocycles. The van der Waals surface area contributed by atoms with Crippen LogP contribution in [0.5, 0.6) is 0 Å². The zero-order valence-corrected chi connectivity index (χ0v) is 13.1. The lowest BCUT2D eigenvalue weighted by molar-refractivity contribution is -0.128.